The van der Waals surface area contributed by atoms with Crippen LogP contribution in [-0.2, 0) is 16.2 Å². The van der Waals surface area contributed by atoms with Gasteiger partial charge in [-0.25, -0.2) is 17.5 Å². The quantitative estimate of drug-likeness (QED) is 0.580. The molecule has 0 heterocycles. The van der Waals surface area contributed by atoms with Gasteiger partial charge in [0.2, 0.25) is 10.0 Å². The van der Waals surface area contributed by atoms with E-state index in [1.165, 1.54) is 25.3 Å². The zero-order chi connectivity index (χ0) is 19.4. The Morgan fingerprint density at radius 3 is 2.50 bits per heavy atom. The van der Waals surface area contributed by atoms with E-state index in [1.807, 2.05) is 0 Å². The average Bonchev–Trinajstić information content (AvgIpc) is 2.58. The third-order valence-electron chi connectivity index (χ3n) is 3.24. The third kappa shape index (κ3) is 5.09. The predicted molar refractivity (Wildman–Crippen MR) is 85.1 cm³/mol. The first kappa shape index (κ1) is 20.0. The summed E-state index contributed by atoms with van der Waals surface area (Å²) < 4.78 is 87.7. The van der Waals surface area contributed by atoms with Crippen LogP contribution in [0.15, 0.2) is 47.4 Å². The highest BCUT2D eigenvalue weighted by atomic mass is 32.2. The van der Waals surface area contributed by atoms with Crippen molar-refractivity contribution in [2.75, 3.05) is 20.3 Å². The minimum atomic E-state index is -4.51. The fourth-order valence-corrected chi connectivity index (χ4v) is 3.24. The molecule has 0 saturated heterocycles. The number of hydrogen-bond donors (Lipinski definition) is 1. The molecule has 0 spiro atoms. The Morgan fingerprint density at radius 2 is 1.85 bits per heavy atom. The van der Waals surface area contributed by atoms with E-state index in [0.717, 1.165) is 24.3 Å². The van der Waals surface area contributed by atoms with E-state index in [4.69, 9.17) is 9.47 Å². The highest BCUT2D eigenvalue weighted by Crippen LogP contribution is 2.31. The summed E-state index contributed by atoms with van der Waals surface area (Å²) in [5.41, 5.74) is -0.875. The van der Waals surface area contributed by atoms with Crippen molar-refractivity contribution in [1.29, 1.82) is 0 Å². The summed E-state index contributed by atoms with van der Waals surface area (Å²) >= 11 is 0. The molecule has 0 aliphatic rings. The van der Waals surface area contributed by atoms with E-state index in [1.54, 1.807) is 0 Å². The molecule has 0 atom stereocenters. The van der Waals surface area contributed by atoms with E-state index in [-0.39, 0.29) is 29.5 Å². The van der Waals surface area contributed by atoms with Crippen LogP contribution in [-0.4, -0.2) is 28.7 Å². The van der Waals surface area contributed by atoms with Gasteiger partial charge in [0.15, 0.2) is 0 Å². The van der Waals surface area contributed by atoms with Crippen molar-refractivity contribution in [3.05, 3.63) is 53.8 Å². The maximum absolute atomic E-state index is 13.3. The maximum Gasteiger partial charge on any atom is 0.416 e. The number of nitrogens with one attached hydrogen (secondary N) is 1. The molecular weight excluding hydrogens is 378 g/mol. The molecule has 0 radical (unpaired) electrons. The van der Waals surface area contributed by atoms with Crippen LogP contribution in [0, 0.1) is 5.82 Å². The lowest BCUT2D eigenvalue weighted by molar-refractivity contribution is -0.137. The number of hydrogen-bond acceptors (Lipinski definition) is 4. The normalized spacial score (nSPS) is 12.0. The van der Waals surface area contributed by atoms with Gasteiger partial charge in [-0.15, -0.1) is 0 Å². The SMILES string of the molecule is COc1ccc(F)cc1S(=O)(=O)NCCOc1cccc(C(F)(F)F)c1. The zero-order valence-electron chi connectivity index (χ0n) is 13.5. The summed E-state index contributed by atoms with van der Waals surface area (Å²) in [6, 6.07) is 7.22. The Morgan fingerprint density at radius 1 is 1.12 bits per heavy atom. The van der Waals surface area contributed by atoms with Crippen molar-refractivity contribution in [3.63, 3.8) is 0 Å². The van der Waals surface area contributed by atoms with Gasteiger partial charge < -0.3 is 9.47 Å². The largest absolute Gasteiger partial charge is 0.495 e. The highest BCUT2D eigenvalue weighted by molar-refractivity contribution is 7.89. The van der Waals surface area contributed by atoms with Crippen molar-refractivity contribution in [1.82, 2.24) is 4.72 Å². The number of alkyl halides is 3. The van der Waals surface area contributed by atoms with Gasteiger partial charge in [0.05, 0.1) is 12.7 Å². The minimum absolute atomic E-state index is 0.0438. The molecule has 26 heavy (non-hydrogen) atoms. The number of rotatable bonds is 7. The van der Waals surface area contributed by atoms with Crippen LogP contribution in [0.5, 0.6) is 11.5 Å². The lowest BCUT2D eigenvalue weighted by Crippen LogP contribution is -2.28. The van der Waals surface area contributed by atoms with Gasteiger partial charge in [0.25, 0.3) is 0 Å². The van der Waals surface area contributed by atoms with Crippen LogP contribution in [0.1, 0.15) is 5.56 Å². The Balaban J connectivity index is 1.99. The second-order valence-electron chi connectivity index (χ2n) is 5.07. The zero-order valence-corrected chi connectivity index (χ0v) is 14.3. The molecule has 10 heteroatoms. The maximum atomic E-state index is 13.3. The highest BCUT2D eigenvalue weighted by Gasteiger charge is 2.30. The molecule has 0 amide bonds. The Hall–Kier alpha value is -2.33. The molecule has 2 aromatic carbocycles. The third-order valence-corrected chi connectivity index (χ3v) is 4.72. The number of benzene rings is 2. The summed E-state index contributed by atoms with van der Waals surface area (Å²) in [5.74, 6) is -0.855. The number of sulfonamides is 1. The fourth-order valence-electron chi connectivity index (χ4n) is 2.05. The Bertz CT molecular complexity index is 869. The summed E-state index contributed by atoms with van der Waals surface area (Å²) in [6.07, 6.45) is -4.51. The van der Waals surface area contributed by atoms with E-state index in [2.05, 4.69) is 4.72 Å². The van der Waals surface area contributed by atoms with Gasteiger partial charge >= 0.3 is 6.18 Å². The smallest absolute Gasteiger partial charge is 0.416 e. The van der Waals surface area contributed by atoms with Crippen molar-refractivity contribution >= 4 is 10.0 Å². The lowest BCUT2D eigenvalue weighted by atomic mass is 10.2. The Kier molecular flexibility index (Phi) is 6.09. The standard InChI is InChI=1S/C16H15F4NO4S/c1-24-14-6-5-12(17)10-15(14)26(22,23)21-7-8-25-13-4-2-3-11(9-13)16(18,19)20/h2-6,9-10,21H,7-8H2,1H3. The molecule has 2 rings (SSSR count). The van der Waals surface area contributed by atoms with Crippen molar-refractivity contribution in [2.45, 2.75) is 11.1 Å². The molecule has 0 unspecified atom stereocenters. The van der Waals surface area contributed by atoms with Crippen LogP contribution in [0.25, 0.3) is 0 Å². The first-order chi connectivity index (χ1) is 12.1. The molecule has 2 aromatic rings. The summed E-state index contributed by atoms with van der Waals surface area (Å²) in [4.78, 5) is -0.390. The molecule has 142 valence electrons. The van der Waals surface area contributed by atoms with Gasteiger partial charge in [0, 0.05) is 6.54 Å². The molecule has 0 aromatic heterocycles. The van der Waals surface area contributed by atoms with E-state index >= 15 is 0 Å². The van der Waals surface area contributed by atoms with E-state index in [9.17, 15) is 26.0 Å². The molecule has 5 nitrogen and oxygen atoms in total. The molecule has 1 N–H and O–H groups in total. The van der Waals surface area contributed by atoms with Crippen LogP contribution in [0.4, 0.5) is 17.6 Å². The van der Waals surface area contributed by atoms with Gasteiger partial charge in [-0.3, -0.25) is 0 Å². The molecule has 0 aliphatic heterocycles. The van der Waals surface area contributed by atoms with Gasteiger partial charge in [-0.1, -0.05) is 6.07 Å². The average molecular weight is 393 g/mol. The molecule has 0 fully saturated rings. The molecule has 0 bridgehead atoms. The first-order valence-corrected chi connectivity index (χ1v) is 8.75. The molecule has 0 saturated carbocycles. The minimum Gasteiger partial charge on any atom is -0.495 e. The van der Waals surface area contributed by atoms with Crippen LogP contribution in [0.3, 0.4) is 0 Å². The molecule has 0 aliphatic carbocycles. The Labute approximate surface area is 147 Å². The summed E-state index contributed by atoms with van der Waals surface area (Å²) in [5, 5.41) is 0. The van der Waals surface area contributed by atoms with Crippen LogP contribution < -0.4 is 14.2 Å². The number of ether oxygens (including phenoxy) is 2. The van der Waals surface area contributed by atoms with Gasteiger partial charge in [-0.2, -0.15) is 13.2 Å². The second-order valence-corrected chi connectivity index (χ2v) is 6.80. The van der Waals surface area contributed by atoms with Crippen molar-refractivity contribution in [3.8, 4) is 11.5 Å². The van der Waals surface area contributed by atoms with E-state index < -0.39 is 27.6 Å². The van der Waals surface area contributed by atoms with Crippen molar-refractivity contribution < 1.29 is 35.5 Å². The molecular formula is C16H15F4NO4S. The van der Waals surface area contributed by atoms with Gasteiger partial charge in [-0.05, 0) is 36.4 Å². The summed E-state index contributed by atoms with van der Waals surface area (Å²) in [7, 11) is -2.85. The summed E-state index contributed by atoms with van der Waals surface area (Å²) in [6.45, 7) is -0.462. The predicted octanol–water partition coefficient (Wildman–Crippen LogP) is 3.21. The van der Waals surface area contributed by atoms with Gasteiger partial charge in [0.1, 0.15) is 28.8 Å². The number of halogens is 4. The monoisotopic (exact) mass is 393 g/mol. The first-order valence-electron chi connectivity index (χ1n) is 7.27. The topological polar surface area (TPSA) is 64.6 Å². The van der Waals surface area contributed by atoms with Crippen LogP contribution in [0.2, 0.25) is 0 Å². The lowest BCUT2D eigenvalue weighted by Gasteiger charge is -2.12. The number of methoxy groups -OCH3 is 1. The van der Waals surface area contributed by atoms with Crippen LogP contribution >= 0.6 is 0 Å². The van der Waals surface area contributed by atoms with Crippen molar-refractivity contribution in [2.24, 2.45) is 0 Å². The fraction of sp³-hybridized carbons (Fsp3) is 0.250. The second kappa shape index (κ2) is 7.92. The van der Waals surface area contributed by atoms with E-state index in [0.29, 0.717) is 0 Å².